The van der Waals surface area contributed by atoms with E-state index in [1.165, 1.54) is 37.1 Å². The lowest BCUT2D eigenvalue weighted by molar-refractivity contribution is 0.598. The molecule has 0 amide bonds. The summed E-state index contributed by atoms with van der Waals surface area (Å²) in [6.45, 7) is 9.39. The first kappa shape index (κ1) is 15.1. The van der Waals surface area contributed by atoms with Crippen LogP contribution in [0.2, 0.25) is 19.6 Å². The van der Waals surface area contributed by atoms with Crippen LogP contribution in [0.5, 0.6) is 0 Å². The van der Waals surface area contributed by atoms with Gasteiger partial charge in [-0.05, 0) is 24.2 Å². The highest BCUT2D eigenvalue weighted by Gasteiger charge is 2.16. The third kappa shape index (κ3) is 4.97. The first-order valence-corrected chi connectivity index (χ1v) is 12.0. The molecule has 1 aliphatic heterocycles. The van der Waals surface area contributed by atoms with Crippen molar-refractivity contribution in [3.8, 4) is 0 Å². The summed E-state index contributed by atoms with van der Waals surface area (Å²) < 4.78 is 0. The third-order valence-corrected chi connectivity index (χ3v) is 7.26. The fourth-order valence-electron chi connectivity index (χ4n) is 2.47. The molecule has 0 spiro atoms. The molecule has 1 heterocycles. The molecule has 1 saturated heterocycles. The predicted molar refractivity (Wildman–Crippen MR) is 91.2 cm³/mol. The van der Waals surface area contributed by atoms with Crippen LogP contribution in [0.15, 0.2) is 24.3 Å². The van der Waals surface area contributed by atoms with Crippen LogP contribution in [0.4, 0.5) is 0 Å². The Morgan fingerprint density at radius 2 is 1.89 bits per heavy atom. The van der Waals surface area contributed by atoms with Gasteiger partial charge in [-0.25, -0.2) is 0 Å². The molecule has 0 saturated carbocycles. The lowest BCUT2D eigenvalue weighted by Crippen LogP contribution is -2.37. The third-order valence-electron chi connectivity index (χ3n) is 3.80. The van der Waals surface area contributed by atoms with Gasteiger partial charge in [-0.2, -0.15) is 11.8 Å². The Bertz CT molecular complexity index is 377. The second-order valence-electron chi connectivity index (χ2n) is 6.57. The summed E-state index contributed by atoms with van der Waals surface area (Å²) in [6.07, 6.45) is 4.23. The van der Waals surface area contributed by atoms with Crippen molar-refractivity contribution in [1.29, 1.82) is 0 Å². The first-order valence-electron chi connectivity index (χ1n) is 7.47. The van der Waals surface area contributed by atoms with E-state index in [2.05, 4.69) is 61.0 Å². The quantitative estimate of drug-likeness (QED) is 0.832. The van der Waals surface area contributed by atoms with Crippen molar-refractivity contribution < 1.29 is 0 Å². The van der Waals surface area contributed by atoms with Crippen molar-refractivity contribution in [2.24, 2.45) is 0 Å². The van der Waals surface area contributed by atoms with E-state index in [0.717, 1.165) is 11.8 Å². The van der Waals surface area contributed by atoms with E-state index in [9.17, 15) is 0 Å². The van der Waals surface area contributed by atoms with Crippen molar-refractivity contribution >= 4 is 25.0 Å². The summed E-state index contributed by atoms with van der Waals surface area (Å²) in [5.74, 6) is 1.36. The van der Waals surface area contributed by atoms with Crippen LogP contribution in [-0.2, 0) is 6.54 Å². The maximum absolute atomic E-state index is 3.62. The predicted octanol–water partition coefficient (Wildman–Crippen LogP) is 3.61. The van der Waals surface area contributed by atoms with Gasteiger partial charge >= 0.3 is 0 Å². The monoisotopic (exact) mass is 293 g/mol. The molecule has 1 aromatic carbocycles. The van der Waals surface area contributed by atoms with Crippen molar-refractivity contribution in [2.45, 2.75) is 50.7 Å². The zero-order chi connectivity index (χ0) is 13.7. The van der Waals surface area contributed by atoms with Crippen LogP contribution < -0.4 is 10.5 Å². The summed E-state index contributed by atoms with van der Waals surface area (Å²) in [5.41, 5.74) is 1.42. The molecule has 1 fully saturated rings. The second-order valence-corrected chi connectivity index (χ2v) is 13.1. The zero-order valence-corrected chi connectivity index (χ0v) is 14.4. The topological polar surface area (TPSA) is 12.0 Å². The number of thioether (sulfide) groups is 1. The zero-order valence-electron chi connectivity index (χ0n) is 12.5. The molecule has 1 aromatic rings. The summed E-state index contributed by atoms with van der Waals surface area (Å²) in [6, 6.07) is 9.26. The fraction of sp³-hybridized carbons (Fsp3) is 0.625. The molecule has 0 aromatic heterocycles. The average molecular weight is 294 g/mol. The molecule has 1 N–H and O–H groups in total. The van der Waals surface area contributed by atoms with Crippen LogP contribution >= 0.6 is 11.8 Å². The molecule has 0 radical (unpaired) electrons. The highest BCUT2D eigenvalue weighted by Crippen LogP contribution is 2.24. The Balaban J connectivity index is 1.76. The summed E-state index contributed by atoms with van der Waals surface area (Å²) in [5, 5.41) is 6.02. The lowest BCUT2D eigenvalue weighted by atomic mass is 10.2. The van der Waals surface area contributed by atoms with Gasteiger partial charge in [0.25, 0.3) is 0 Å². The largest absolute Gasteiger partial charge is 0.312 e. The van der Waals surface area contributed by atoms with Gasteiger partial charge in [-0.1, -0.05) is 55.5 Å². The van der Waals surface area contributed by atoms with E-state index in [0.29, 0.717) is 0 Å². The molecular weight excluding hydrogens is 266 g/mol. The van der Waals surface area contributed by atoms with Crippen LogP contribution in [0.1, 0.15) is 24.8 Å². The van der Waals surface area contributed by atoms with E-state index >= 15 is 0 Å². The summed E-state index contributed by atoms with van der Waals surface area (Å²) >= 11 is 2.15. The number of benzene rings is 1. The van der Waals surface area contributed by atoms with Gasteiger partial charge < -0.3 is 5.32 Å². The van der Waals surface area contributed by atoms with Gasteiger partial charge in [0.2, 0.25) is 0 Å². The van der Waals surface area contributed by atoms with Gasteiger partial charge in [0.1, 0.15) is 0 Å². The van der Waals surface area contributed by atoms with Gasteiger partial charge in [-0.3, -0.25) is 0 Å². The van der Waals surface area contributed by atoms with Crippen LogP contribution in [0.25, 0.3) is 0 Å². The van der Waals surface area contributed by atoms with Crippen molar-refractivity contribution in [3.63, 3.8) is 0 Å². The molecule has 0 bridgehead atoms. The highest BCUT2D eigenvalue weighted by atomic mass is 32.2. The van der Waals surface area contributed by atoms with Gasteiger partial charge in [0.05, 0.1) is 8.07 Å². The molecular formula is C16H27NSSi. The Kier molecular flexibility index (Phi) is 5.54. The van der Waals surface area contributed by atoms with Gasteiger partial charge in [0.15, 0.2) is 0 Å². The summed E-state index contributed by atoms with van der Waals surface area (Å²) in [7, 11) is -1.14. The Labute approximate surface area is 123 Å². The normalized spacial score (nSPS) is 20.5. The SMILES string of the molecule is C[Si](C)(C)c1ccc(CNCC2CCCCS2)cc1. The maximum atomic E-state index is 3.62. The van der Waals surface area contributed by atoms with Gasteiger partial charge in [-0.15, -0.1) is 0 Å². The van der Waals surface area contributed by atoms with E-state index in [-0.39, 0.29) is 0 Å². The average Bonchev–Trinajstić information content (AvgIpc) is 2.39. The van der Waals surface area contributed by atoms with Crippen molar-refractivity contribution in [3.05, 3.63) is 29.8 Å². The molecule has 1 nitrogen and oxygen atoms in total. The molecule has 1 aliphatic rings. The minimum Gasteiger partial charge on any atom is -0.312 e. The number of rotatable bonds is 5. The summed E-state index contributed by atoms with van der Waals surface area (Å²) in [4.78, 5) is 0. The van der Waals surface area contributed by atoms with Crippen LogP contribution in [0, 0.1) is 0 Å². The fourth-order valence-corrected chi connectivity index (χ4v) is 4.91. The molecule has 106 valence electrons. The Morgan fingerprint density at radius 3 is 2.47 bits per heavy atom. The van der Waals surface area contributed by atoms with E-state index < -0.39 is 8.07 Å². The lowest BCUT2D eigenvalue weighted by Gasteiger charge is -2.21. The molecule has 2 rings (SSSR count). The van der Waals surface area contributed by atoms with Gasteiger partial charge in [0, 0.05) is 18.3 Å². The Morgan fingerprint density at radius 1 is 1.16 bits per heavy atom. The molecule has 1 unspecified atom stereocenters. The van der Waals surface area contributed by atoms with Crippen molar-refractivity contribution in [2.75, 3.05) is 12.3 Å². The minimum absolute atomic E-state index is 0.843. The Hall–Kier alpha value is -0.253. The molecule has 1 atom stereocenters. The number of hydrogen-bond donors (Lipinski definition) is 1. The van der Waals surface area contributed by atoms with E-state index in [1.54, 1.807) is 5.19 Å². The maximum Gasteiger partial charge on any atom is 0.0775 e. The van der Waals surface area contributed by atoms with Crippen LogP contribution in [-0.4, -0.2) is 25.6 Å². The van der Waals surface area contributed by atoms with Crippen molar-refractivity contribution in [1.82, 2.24) is 5.32 Å². The van der Waals surface area contributed by atoms with Crippen LogP contribution in [0.3, 0.4) is 0 Å². The molecule has 19 heavy (non-hydrogen) atoms. The highest BCUT2D eigenvalue weighted by molar-refractivity contribution is 7.99. The van der Waals surface area contributed by atoms with E-state index in [1.807, 2.05) is 0 Å². The minimum atomic E-state index is -1.14. The molecule has 3 heteroatoms. The number of nitrogens with one attached hydrogen (secondary N) is 1. The standard InChI is InChI=1S/C16H27NSSi/c1-19(2,3)16-9-7-14(8-10-16)12-17-13-15-6-4-5-11-18-15/h7-10,15,17H,4-6,11-13H2,1-3H3. The van der Waals surface area contributed by atoms with E-state index in [4.69, 9.17) is 0 Å². The molecule has 0 aliphatic carbocycles. The smallest absolute Gasteiger partial charge is 0.0775 e. The first-order chi connectivity index (χ1) is 9.05. The number of hydrogen-bond acceptors (Lipinski definition) is 2. The second kappa shape index (κ2) is 6.96.